The molecule has 11 heteroatoms. The summed E-state index contributed by atoms with van der Waals surface area (Å²) in [5, 5.41) is 12.1. The molecular weight excluding hydrogens is 457 g/mol. The summed E-state index contributed by atoms with van der Waals surface area (Å²) in [6.07, 6.45) is 3.06. The summed E-state index contributed by atoms with van der Waals surface area (Å²) in [4.78, 5) is 37.6. The number of hydrogen-bond acceptors (Lipinski definition) is 6. The smallest absolute Gasteiger partial charge is 0.407 e. The lowest BCUT2D eigenvalue weighted by Crippen LogP contribution is -2.38. The van der Waals surface area contributed by atoms with E-state index in [4.69, 9.17) is 9.47 Å². The topological polar surface area (TPSA) is 130 Å². The molecule has 1 aliphatic heterocycles. The second-order valence-corrected chi connectivity index (χ2v) is 9.00. The Morgan fingerprint density at radius 2 is 2.06 bits per heavy atom. The van der Waals surface area contributed by atoms with Gasteiger partial charge in [-0.1, -0.05) is 0 Å². The van der Waals surface area contributed by atoms with E-state index < -0.39 is 11.9 Å². The van der Waals surface area contributed by atoms with Crippen LogP contribution < -0.4 is 14.8 Å². The van der Waals surface area contributed by atoms with Gasteiger partial charge in [0.05, 0.1) is 24.8 Å². The van der Waals surface area contributed by atoms with E-state index in [1.54, 1.807) is 6.92 Å². The molecule has 184 valence electrons. The second-order valence-electron chi connectivity index (χ2n) is 9.00. The molecule has 2 aliphatic rings. The molecule has 3 aromatic rings. The Balaban J connectivity index is 1.51. The average molecular weight is 484 g/mol. The first-order valence-corrected chi connectivity index (χ1v) is 11.5. The molecule has 3 heterocycles. The molecule has 35 heavy (non-hydrogen) atoms. The zero-order chi connectivity index (χ0) is 24.7. The molecule has 1 atom stereocenters. The maximum Gasteiger partial charge on any atom is 0.407 e. The van der Waals surface area contributed by atoms with E-state index >= 15 is 0 Å². The van der Waals surface area contributed by atoms with Gasteiger partial charge in [-0.2, -0.15) is 0 Å². The third kappa shape index (κ3) is 4.45. The van der Waals surface area contributed by atoms with Crippen molar-refractivity contribution in [1.29, 1.82) is 0 Å². The van der Waals surface area contributed by atoms with Crippen LogP contribution >= 0.6 is 0 Å². The van der Waals surface area contributed by atoms with Crippen LogP contribution in [0.3, 0.4) is 0 Å². The summed E-state index contributed by atoms with van der Waals surface area (Å²) >= 11 is 0. The fourth-order valence-corrected chi connectivity index (χ4v) is 4.40. The van der Waals surface area contributed by atoms with E-state index in [0.717, 1.165) is 12.8 Å². The lowest BCUT2D eigenvalue weighted by Gasteiger charge is -2.14. The van der Waals surface area contributed by atoms with E-state index in [1.165, 1.54) is 30.5 Å². The third-order valence-corrected chi connectivity index (χ3v) is 6.47. The predicted molar refractivity (Wildman–Crippen MR) is 124 cm³/mol. The molecule has 1 saturated heterocycles. The largest absolute Gasteiger partial charge is 0.494 e. The average Bonchev–Trinajstić information content (AvgIpc) is 3.43. The van der Waals surface area contributed by atoms with Crippen molar-refractivity contribution in [3.05, 3.63) is 35.5 Å². The molecule has 0 spiro atoms. The predicted octanol–water partition coefficient (Wildman–Crippen LogP) is 3.35. The number of rotatable bonds is 7. The summed E-state index contributed by atoms with van der Waals surface area (Å²) in [6.45, 7) is 2.85. The Kier molecular flexibility index (Phi) is 5.91. The lowest BCUT2D eigenvalue weighted by atomic mass is 10.1. The van der Waals surface area contributed by atoms with Crippen molar-refractivity contribution in [2.45, 2.75) is 32.2 Å². The molecule has 0 bridgehead atoms. The number of carboxylic acid groups (broad SMARTS) is 1. The molecule has 10 nitrogen and oxygen atoms in total. The monoisotopic (exact) mass is 483 g/mol. The van der Waals surface area contributed by atoms with E-state index in [9.17, 15) is 19.1 Å². The molecule has 5 rings (SSSR count). The highest BCUT2D eigenvalue weighted by Crippen LogP contribution is 2.39. The number of likely N-dealkylation sites (tertiary alicyclic amines) is 1. The number of fused-ring (bicyclic) bond motifs is 1. The van der Waals surface area contributed by atoms with Crippen molar-refractivity contribution in [1.82, 2.24) is 25.2 Å². The van der Waals surface area contributed by atoms with Crippen LogP contribution in [0.15, 0.2) is 18.5 Å². The summed E-state index contributed by atoms with van der Waals surface area (Å²) in [5.74, 6) is -0.0298. The van der Waals surface area contributed by atoms with Crippen molar-refractivity contribution < 1.29 is 28.6 Å². The Morgan fingerprint density at radius 1 is 1.26 bits per heavy atom. The van der Waals surface area contributed by atoms with Gasteiger partial charge in [0.1, 0.15) is 23.3 Å². The molecule has 0 radical (unpaired) electrons. The van der Waals surface area contributed by atoms with Gasteiger partial charge in [-0.15, -0.1) is 0 Å². The molecule has 3 N–H and O–H groups in total. The van der Waals surface area contributed by atoms with Gasteiger partial charge in [0.25, 0.3) is 5.91 Å². The number of methoxy groups -OCH3 is 1. The first-order chi connectivity index (χ1) is 16.9. The fraction of sp³-hybridized carbons (Fsp3) is 0.417. The number of carbonyl (C=O) groups is 2. The van der Waals surface area contributed by atoms with Crippen LogP contribution in [0.25, 0.3) is 22.3 Å². The van der Waals surface area contributed by atoms with Crippen LogP contribution in [0.5, 0.6) is 11.5 Å². The first-order valence-electron chi connectivity index (χ1n) is 11.5. The number of benzene rings is 1. The van der Waals surface area contributed by atoms with E-state index in [1.807, 2.05) is 0 Å². The number of ether oxygens (including phenoxy) is 2. The number of nitrogens with one attached hydrogen (secondary N) is 2. The van der Waals surface area contributed by atoms with Gasteiger partial charge in [0.2, 0.25) is 0 Å². The van der Waals surface area contributed by atoms with Gasteiger partial charge >= 0.3 is 6.09 Å². The molecule has 2 fully saturated rings. The van der Waals surface area contributed by atoms with Gasteiger partial charge in [0, 0.05) is 36.5 Å². The van der Waals surface area contributed by atoms with Gasteiger partial charge in [-0.25, -0.2) is 19.2 Å². The van der Waals surface area contributed by atoms with E-state index in [-0.39, 0.29) is 24.2 Å². The van der Waals surface area contributed by atoms with Crippen molar-refractivity contribution in [3.8, 4) is 22.8 Å². The van der Waals surface area contributed by atoms with Crippen LogP contribution in [0.1, 0.15) is 35.3 Å². The SMILES string of the molecule is COc1cc(-c2ncnc3c(C(=O)N[C@@H]4CCN(C(=O)O)C4)c(C)[nH]c23)c(OCC2CC2)cc1F. The summed E-state index contributed by atoms with van der Waals surface area (Å²) in [5.41, 5.74) is 2.85. The minimum Gasteiger partial charge on any atom is -0.494 e. The maximum atomic E-state index is 14.5. The van der Waals surface area contributed by atoms with Crippen LogP contribution in [0.4, 0.5) is 9.18 Å². The summed E-state index contributed by atoms with van der Waals surface area (Å²) in [6, 6.07) is 2.55. The molecule has 1 aromatic carbocycles. The third-order valence-electron chi connectivity index (χ3n) is 6.47. The highest BCUT2D eigenvalue weighted by atomic mass is 19.1. The van der Waals surface area contributed by atoms with Crippen LogP contribution in [-0.2, 0) is 0 Å². The number of amides is 2. The van der Waals surface area contributed by atoms with Gasteiger partial charge in [-0.05, 0) is 38.2 Å². The second kappa shape index (κ2) is 9.05. The van der Waals surface area contributed by atoms with E-state index in [0.29, 0.717) is 64.8 Å². The van der Waals surface area contributed by atoms with Gasteiger partial charge < -0.3 is 29.8 Å². The minimum absolute atomic E-state index is 0.0518. The van der Waals surface area contributed by atoms with Crippen molar-refractivity contribution in [2.75, 3.05) is 26.8 Å². The summed E-state index contributed by atoms with van der Waals surface area (Å²) < 4.78 is 25.6. The number of H-pyrrole nitrogens is 1. The number of aryl methyl sites for hydroxylation is 1. The Bertz CT molecular complexity index is 1310. The van der Waals surface area contributed by atoms with Crippen LogP contribution in [0, 0.1) is 18.7 Å². The molecule has 0 unspecified atom stereocenters. The van der Waals surface area contributed by atoms with Crippen molar-refractivity contribution >= 4 is 23.0 Å². The van der Waals surface area contributed by atoms with Crippen molar-refractivity contribution in [3.63, 3.8) is 0 Å². The zero-order valence-electron chi connectivity index (χ0n) is 19.4. The normalized spacial score (nSPS) is 17.6. The standard InChI is InChI=1S/C24H26FN5O5/c1-12-19(23(31)29-14-5-6-30(9-14)24(32)33)21-22(28-12)20(26-11-27-21)15-7-18(34-2)16(25)8-17(15)35-10-13-3-4-13/h7-8,11,13-14,28H,3-6,9-10H2,1-2H3,(H,29,31)(H,32,33)/t14-/m1/s1. The van der Waals surface area contributed by atoms with Crippen LogP contribution in [-0.4, -0.2) is 69.8 Å². The zero-order valence-corrected chi connectivity index (χ0v) is 19.4. The quantitative estimate of drug-likeness (QED) is 0.470. The molecule has 1 aliphatic carbocycles. The maximum absolute atomic E-state index is 14.5. The van der Waals surface area contributed by atoms with Gasteiger partial charge in [0.15, 0.2) is 11.6 Å². The van der Waals surface area contributed by atoms with Crippen molar-refractivity contribution in [2.24, 2.45) is 5.92 Å². The Morgan fingerprint density at radius 3 is 2.74 bits per heavy atom. The number of carbonyl (C=O) groups excluding carboxylic acids is 1. The first kappa shape index (κ1) is 22.9. The Labute approximate surface area is 200 Å². The molecule has 1 saturated carbocycles. The lowest BCUT2D eigenvalue weighted by molar-refractivity contribution is 0.0936. The number of halogens is 1. The number of aromatic nitrogens is 3. The van der Waals surface area contributed by atoms with Crippen LogP contribution in [0.2, 0.25) is 0 Å². The Hall–Kier alpha value is -3.89. The number of nitrogens with zero attached hydrogens (tertiary/aromatic N) is 3. The molecule has 2 amide bonds. The molecular formula is C24H26FN5O5. The molecule has 2 aromatic heterocycles. The highest BCUT2D eigenvalue weighted by Gasteiger charge is 2.30. The number of hydrogen-bond donors (Lipinski definition) is 3. The number of aromatic amines is 1. The minimum atomic E-state index is -1.00. The highest BCUT2D eigenvalue weighted by molar-refractivity contribution is 6.09. The summed E-state index contributed by atoms with van der Waals surface area (Å²) in [7, 11) is 1.39. The van der Waals surface area contributed by atoms with E-state index in [2.05, 4.69) is 20.3 Å². The fourth-order valence-electron chi connectivity index (χ4n) is 4.40. The van der Waals surface area contributed by atoms with Gasteiger partial charge in [-0.3, -0.25) is 4.79 Å².